The van der Waals surface area contributed by atoms with Crippen LogP contribution >= 0.6 is 0 Å². The van der Waals surface area contributed by atoms with Crippen molar-refractivity contribution in [1.82, 2.24) is 10.2 Å². The summed E-state index contributed by atoms with van der Waals surface area (Å²) in [4.78, 5) is 0.192. The Morgan fingerprint density at radius 3 is 2.31 bits per heavy atom. The van der Waals surface area contributed by atoms with E-state index in [0.29, 0.717) is 35.1 Å². The lowest BCUT2D eigenvalue weighted by Gasteiger charge is -2.09. The maximum atomic E-state index is 11.7. The van der Waals surface area contributed by atoms with E-state index in [4.69, 9.17) is 13.9 Å². The molecule has 3 rings (SSSR count). The second-order valence-electron chi connectivity index (χ2n) is 5.51. The fourth-order valence-electron chi connectivity index (χ4n) is 2.39. The number of sulfone groups is 1. The van der Waals surface area contributed by atoms with Gasteiger partial charge >= 0.3 is 0 Å². The summed E-state index contributed by atoms with van der Waals surface area (Å²) >= 11 is 0. The van der Waals surface area contributed by atoms with E-state index in [9.17, 15) is 8.42 Å². The molecule has 3 aromatic rings. The third-order valence-corrected chi connectivity index (χ3v) is 4.75. The van der Waals surface area contributed by atoms with Crippen molar-refractivity contribution in [2.24, 2.45) is 0 Å². The summed E-state index contributed by atoms with van der Waals surface area (Å²) in [7, 11) is -1.75. The normalized spacial score (nSPS) is 11.3. The number of nitrogens with zero attached hydrogens (tertiary/aromatic N) is 2. The van der Waals surface area contributed by atoms with Crippen LogP contribution in [-0.4, -0.2) is 38.6 Å². The molecule has 0 bridgehead atoms. The SMILES string of the molecule is CCOc1cc(-c2nnc(-c3cccc(S(C)(=O)=O)c3)o2)ccc1OC. The first-order chi connectivity index (χ1) is 12.4. The van der Waals surface area contributed by atoms with E-state index in [1.807, 2.05) is 6.92 Å². The van der Waals surface area contributed by atoms with Gasteiger partial charge in [0.25, 0.3) is 0 Å². The third kappa shape index (κ3) is 3.70. The molecule has 0 spiro atoms. The van der Waals surface area contributed by atoms with Gasteiger partial charge in [-0.05, 0) is 43.3 Å². The number of methoxy groups -OCH3 is 1. The van der Waals surface area contributed by atoms with E-state index in [-0.39, 0.29) is 10.8 Å². The van der Waals surface area contributed by atoms with Crippen molar-refractivity contribution in [3.8, 4) is 34.4 Å². The van der Waals surface area contributed by atoms with E-state index in [1.54, 1.807) is 37.4 Å². The van der Waals surface area contributed by atoms with Gasteiger partial charge in [0.1, 0.15) is 0 Å². The average Bonchev–Trinajstić information content (AvgIpc) is 3.11. The predicted octanol–water partition coefficient (Wildman–Crippen LogP) is 3.21. The van der Waals surface area contributed by atoms with Gasteiger partial charge < -0.3 is 13.9 Å². The van der Waals surface area contributed by atoms with Crippen molar-refractivity contribution in [2.45, 2.75) is 11.8 Å². The number of rotatable bonds is 6. The molecule has 0 amide bonds. The molecule has 136 valence electrons. The molecule has 0 atom stereocenters. The van der Waals surface area contributed by atoms with Crippen molar-refractivity contribution < 1.29 is 22.3 Å². The molecule has 0 fully saturated rings. The topological polar surface area (TPSA) is 91.5 Å². The highest BCUT2D eigenvalue weighted by Crippen LogP contribution is 2.33. The first-order valence-electron chi connectivity index (χ1n) is 7.87. The lowest BCUT2D eigenvalue weighted by Crippen LogP contribution is -1.96. The number of aromatic nitrogens is 2. The Morgan fingerprint density at radius 1 is 1.00 bits per heavy atom. The van der Waals surface area contributed by atoms with E-state index < -0.39 is 9.84 Å². The van der Waals surface area contributed by atoms with Crippen molar-refractivity contribution in [3.05, 3.63) is 42.5 Å². The van der Waals surface area contributed by atoms with E-state index in [0.717, 1.165) is 6.26 Å². The van der Waals surface area contributed by atoms with Crippen LogP contribution in [0.5, 0.6) is 11.5 Å². The highest BCUT2D eigenvalue weighted by Gasteiger charge is 2.15. The number of benzene rings is 2. The van der Waals surface area contributed by atoms with Crippen molar-refractivity contribution >= 4 is 9.84 Å². The summed E-state index contributed by atoms with van der Waals surface area (Å²) in [5.41, 5.74) is 1.21. The highest BCUT2D eigenvalue weighted by atomic mass is 32.2. The summed E-state index contributed by atoms with van der Waals surface area (Å²) in [5, 5.41) is 8.07. The number of hydrogen-bond donors (Lipinski definition) is 0. The lowest BCUT2D eigenvalue weighted by atomic mass is 10.2. The van der Waals surface area contributed by atoms with Gasteiger partial charge in [0.15, 0.2) is 21.3 Å². The molecule has 0 saturated carbocycles. The van der Waals surface area contributed by atoms with Crippen LogP contribution in [0.3, 0.4) is 0 Å². The smallest absolute Gasteiger partial charge is 0.248 e. The van der Waals surface area contributed by atoms with Crippen LogP contribution in [0.1, 0.15) is 6.92 Å². The Balaban J connectivity index is 1.97. The Bertz CT molecular complexity index is 1030. The highest BCUT2D eigenvalue weighted by molar-refractivity contribution is 7.90. The summed E-state index contributed by atoms with van der Waals surface area (Å²) in [6.45, 7) is 2.37. The van der Waals surface area contributed by atoms with Crippen LogP contribution in [0.4, 0.5) is 0 Å². The molecule has 8 heteroatoms. The average molecular weight is 374 g/mol. The van der Waals surface area contributed by atoms with Gasteiger partial charge in [0.05, 0.1) is 18.6 Å². The standard InChI is InChI=1S/C18H18N2O5S/c1-4-24-16-11-13(8-9-15(16)23-2)18-20-19-17(25-18)12-6-5-7-14(10-12)26(3,21)22/h5-11H,4H2,1-3H3. The minimum Gasteiger partial charge on any atom is -0.493 e. The van der Waals surface area contributed by atoms with E-state index in [1.165, 1.54) is 12.1 Å². The lowest BCUT2D eigenvalue weighted by molar-refractivity contribution is 0.311. The van der Waals surface area contributed by atoms with Crippen LogP contribution in [0.15, 0.2) is 51.8 Å². The van der Waals surface area contributed by atoms with Gasteiger partial charge in [0, 0.05) is 17.4 Å². The van der Waals surface area contributed by atoms with Crippen LogP contribution < -0.4 is 9.47 Å². The van der Waals surface area contributed by atoms with Gasteiger partial charge in [-0.25, -0.2) is 8.42 Å². The van der Waals surface area contributed by atoms with E-state index in [2.05, 4.69) is 10.2 Å². The third-order valence-electron chi connectivity index (χ3n) is 3.64. The summed E-state index contributed by atoms with van der Waals surface area (Å²) in [6.07, 6.45) is 1.15. The fourth-order valence-corrected chi connectivity index (χ4v) is 3.06. The number of hydrogen-bond acceptors (Lipinski definition) is 7. The van der Waals surface area contributed by atoms with Gasteiger partial charge in [-0.1, -0.05) is 6.07 Å². The molecule has 0 aliphatic carbocycles. The molecule has 26 heavy (non-hydrogen) atoms. The summed E-state index contributed by atoms with van der Waals surface area (Å²) in [5.74, 6) is 1.72. The molecule has 0 saturated heterocycles. The maximum absolute atomic E-state index is 11.7. The Hall–Kier alpha value is -2.87. The van der Waals surface area contributed by atoms with Crippen molar-refractivity contribution in [3.63, 3.8) is 0 Å². The molecule has 1 aromatic heterocycles. The molecule has 1 heterocycles. The molecule has 2 aromatic carbocycles. The van der Waals surface area contributed by atoms with Crippen LogP contribution in [0.2, 0.25) is 0 Å². The zero-order chi connectivity index (χ0) is 18.7. The van der Waals surface area contributed by atoms with Gasteiger partial charge in [-0.15, -0.1) is 10.2 Å². The first kappa shape index (κ1) is 17.9. The second-order valence-corrected chi connectivity index (χ2v) is 7.53. The van der Waals surface area contributed by atoms with Crippen LogP contribution in [0, 0.1) is 0 Å². The minimum atomic E-state index is -3.32. The molecule has 7 nitrogen and oxygen atoms in total. The van der Waals surface area contributed by atoms with Crippen LogP contribution in [-0.2, 0) is 9.84 Å². The summed E-state index contributed by atoms with van der Waals surface area (Å²) < 4.78 is 39.9. The molecular formula is C18H18N2O5S. The Kier molecular flexibility index (Phi) is 4.94. The Labute approximate surface area is 151 Å². The van der Waals surface area contributed by atoms with Gasteiger partial charge in [-0.2, -0.15) is 0 Å². The van der Waals surface area contributed by atoms with Crippen LogP contribution in [0.25, 0.3) is 22.9 Å². The predicted molar refractivity (Wildman–Crippen MR) is 96.0 cm³/mol. The molecule has 0 aliphatic heterocycles. The largest absolute Gasteiger partial charge is 0.493 e. The second kappa shape index (κ2) is 7.17. The molecular weight excluding hydrogens is 356 g/mol. The van der Waals surface area contributed by atoms with Crippen molar-refractivity contribution in [2.75, 3.05) is 20.0 Å². The van der Waals surface area contributed by atoms with E-state index >= 15 is 0 Å². The monoisotopic (exact) mass is 374 g/mol. The van der Waals surface area contributed by atoms with Crippen molar-refractivity contribution in [1.29, 1.82) is 0 Å². The summed E-state index contributed by atoms with van der Waals surface area (Å²) in [6, 6.07) is 11.7. The number of ether oxygens (including phenoxy) is 2. The first-order valence-corrected chi connectivity index (χ1v) is 9.76. The minimum absolute atomic E-state index is 0.192. The zero-order valence-electron chi connectivity index (χ0n) is 14.6. The quantitative estimate of drug-likeness (QED) is 0.654. The zero-order valence-corrected chi connectivity index (χ0v) is 15.4. The molecule has 0 N–H and O–H groups in total. The van der Waals surface area contributed by atoms with Gasteiger partial charge in [-0.3, -0.25) is 0 Å². The maximum Gasteiger partial charge on any atom is 0.248 e. The molecule has 0 radical (unpaired) electrons. The fraction of sp³-hybridized carbons (Fsp3) is 0.222. The molecule has 0 aliphatic rings. The van der Waals surface area contributed by atoms with Gasteiger partial charge in [0.2, 0.25) is 11.8 Å². The molecule has 0 unspecified atom stereocenters. The Morgan fingerprint density at radius 2 is 1.69 bits per heavy atom.